The van der Waals surface area contributed by atoms with E-state index in [2.05, 4.69) is 35.2 Å². The van der Waals surface area contributed by atoms with E-state index in [1.807, 2.05) is 0 Å². The summed E-state index contributed by atoms with van der Waals surface area (Å²) in [6.07, 6.45) is 2.79. The van der Waals surface area contributed by atoms with E-state index in [9.17, 15) is 18.0 Å². The number of aromatic amines is 1. The van der Waals surface area contributed by atoms with Crippen molar-refractivity contribution < 1.29 is 17.6 Å². The minimum atomic E-state index is -3.76. The Hall–Kier alpha value is -3.21. The van der Waals surface area contributed by atoms with Gasteiger partial charge in [0.1, 0.15) is 0 Å². The Kier molecular flexibility index (Phi) is 8.96. The Bertz CT molecular complexity index is 1500. The fourth-order valence-electron chi connectivity index (χ4n) is 2.90. The molecule has 3 N–H and O–H groups in total. The number of aromatic nitrogens is 5. The van der Waals surface area contributed by atoms with Crippen LogP contribution in [-0.2, 0) is 21.2 Å². The normalized spacial score (nSPS) is 11.4. The van der Waals surface area contributed by atoms with Crippen molar-refractivity contribution in [3.63, 3.8) is 0 Å². The number of hydrogen-bond acceptors (Lipinski definition) is 12. The molecule has 0 spiro atoms. The van der Waals surface area contributed by atoms with Crippen LogP contribution in [0.5, 0.6) is 0 Å². The molecule has 0 fully saturated rings. The van der Waals surface area contributed by atoms with Crippen molar-refractivity contribution in [2.75, 3.05) is 21.5 Å². The number of carbonyl (C=O) groups is 1. The van der Waals surface area contributed by atoms with Crippen molar-refractivity contribution in [3.05, 3.63) is 63.8 Å². The van der Waals surface area contributed by atoms with Gasteiger partial charge in [0.05, 0.1) is 10.6 Å². The molecular formula is C21H21N7O5S4. The topological polar surface area (TPSA) is 173 Å². The van der Waals surface area contributed by atoms with Gasteiger partial charge in [-0.3, -0.25) is 14.3 Å². The van der Waals surface area contributed by atoms with Crippen molar-refractivity contribution in [2.24, 2.45) is 0 Å². The predicted molar refractivity (Wildman–Crippen MR) is 142 cm³/mol. The predicted octanol–water partition coefficient (Wildman–Crippen LogP) is 3.17. The molecule has 0 saturated carbocycles. The Morgan fingerprint density at radius 3 is 2.73 bits per heavy atom. The molecule has 0 aliphatic carbocycles. The number of nitrogens with zero attached hydrogens (tertiary/aromatic N) is 4. The number of amides is 1. The fourth-order valence-corrected chi connectivity index (χ4v) is 6.13. The number of H-pyrrole nitrogens is 1. The molecular weight excluding hydrogens is 559 g/mol. The summed E-state index contributed by atoms with van der Waals surface area (Å²) in [4.78, 5) is 34.7. The lowest BCUT2D eigenvalue weighted by Gasteiger charge is -2.07. The van der Waals surface area contributed by atoms with Crippen LogP contribution in [0.15, 0.2) is 66.4 Å². The monoisotopic (exact) mass is 579 g/mol. The molecule has 0 unspecified atom stereocenters. The second-order valence-corrected chi connectivity index (χ2v) is 12.0. The van der Waals surface area contributed by atoms with Gasteiger partial charge in [-0.1, -0.05) is 23.5 Å². The van der Waals surface area contributed by atoms with E-state index in [0.29, 0.717) is 34.6 Å². The summed E-state index contributed by atoms with van der Waals surface area (Å²) in [5, 5.41) is 13.4. The van der Waals surface area contributed by atoms with Gasteiger partial charge < -0.3 is 14.7 Å². The van der Waals surface area contributed by atoms with Gasteiger partial charge in [0, 0.05) is 41.2 Å². The van der Waals surface area contributed by atoms with Crippen molar-refractivity contribution in [2.45, 2.75) is 35.0 Å². The van der Waals surface area contributed by atoms with Crippen LogP contribution in [0.4, 0.5) is 10.8 Å². The highest BCUT2D eigenvalue weighted by atomic mass is 32.2. The average Bonchev–Trinajstić information content (AvgIpc) is 3.52. The Balaban J connectivity index is 1.19. The highest BCUT2D eigenvalue weighted by Gasteiger charge is 2.16. The molecule has 0 atom stereocenters. The van der Waals surface area contributed by atoms with Crippen molar-refractivity contribution in [1.82, 2.24) is 25.1 Å². The molecule has 194 valence electrons. The summed E-state index contributed by atoms with van der Waals surface area (Å²) in [6, 6.07) is 7.24. The first kappa shape index (κ1) is 26.8. The van der Waals surface area contributed by atoms with E-state index in [4.69, 9.17) is 4.42 Å². The lowest BCUT2D eigenvalue weighted by molar-refractivity contribution is -0.113. The van der Waals surface area contributed by atoms with Gasteiger partial charge in [0.25, 0.3) is 20.8 Å². The molecule has 1 aromatic carbocycles. The molecule has 3 heterocycles. The number of aryl methyl sites for hydroxylation is 2. The van der Waals surface area contributed by atoms with E-state index in [-0.39, 0.29) is 32.5 Å². The van der Waals surface area contributed by atoms with Gasteiger partial charge in [-0.15, -0.1) is 21.5 Å². The van der Waals surface area contributed by atoms with Crippen molar-refractivity contribution in [1.29, 1.82) is 0 Å². The maximum Gasteiger partial charge on any atom is 0.277 e. The summed E-state index contributed by atoms with van der Waals surface area (Å²) in [6.45, 7) is 1.77. The zero-order chi connectivity index (χ0) is 26.3. The maximum atomic E-state index is 12.4. The molecule has 0 aliphatic heterocycles. The average molecular weight is 580 g/mol. The van der Waals surface area contributed by atoms with Crippen LogP contribution in [-0.4, -0.2) is 51.0 Å². The van der Waals surface area contributed by atoms with Gasteiger partial charge in [0.15, 0.2) is 10.3 Å². The minimum Gasteiger partial charge on any atom is -0.416 e. The highest BCUT2D eigenvalue weighted by molar-refractivity contribution is 7.99. The zero-order valence-electron chi connectivity index (χ0n) is 19.3. The van der Waals surface area contributed by atoms with Gasteiger partial charge in [-0.2, -0.15) is 0 Å². The van der Waals surface area contributed by atoms with Crippen LogP contribution in [0.1, 0.15) is 18.0 Å². The van der Waals surface area contributed by atoms with Crippen molar-refractivity contribution >= 4 is 61.6 Å². The second-order valence-electron chi connectivity index (χ2n) is 7.41. The van der Waals surface area contributed by atoms with Crippen LogP contribution >= 0.6 is 34.9 Å². The lowest BCUT2D eigenvalue weighted by Crippen LogP contribution is -2.15. The molecule has 4 rings (SSSR count). The molecule has 37 heavy (non-hydrogen) atoms. The number of hydrogen-bond donors (Lipinski definition) is 3. The van der Waals surface area contributed by atoms with E-state index in [1.165, 1.54) is 59.6 Å². The number of anilines is 2. The number of benzene rings is 1. The third kappa shape index (κ3) is 8.14. The lowest BCUT2D eigenvalue weighted by atomic mass is 10.3. The Morgan fingerprint density at radius 2 is 2.00 bits per heavy atom. The molecule has 0 bridgehead atoms. The standard InChI is InChI=1S/C21H21N7O5S4/c1-13-11-16(29)25-20(23-13)34-9-2-3-18-26-27-21(33-18)36-12-17(30)24-14-4-6-15(7-5-14)37(31,32)28-19-22-8-10-35-19/h4-8,10-11H,2-3,9,12H2,1H3,(H,22,28)(H,24,30)(H,23,25,29). The van der Waals surface area contributed by atoms with Crippen LogP contribution in [0, 0.1) is 6.92 Å². The first-order valence-corrected chi connectivity index (χ1v) is 15.1. The van der Waals surface area contributed by atoms with E-state index in [1.54, 1.807) is 12.3 Å². The second kappa shape index (κ2) is 12.4. The molecule has 0 radical (unpaired) electrons. The minimum absolute atomic E-state index is 0.0372. The summed E-state index contributed by atoms with van der Waals surface area (Å²) in [5.74, 6) is 0.894. The largest absolute Gasteiger partial charge is 0.416 e. The number of thioether (sulfide) groups is 2. The Morgan fingerprint density at radius 1 is 1.19 bits per heavy atom. The fraction of sp³-hybridized carbons (Fsp3) is 0.238. The number of thiazole rings is 1. The van der Waals surface area contributed by atoms with Crippen LogP contribution < -0.4 is 15.6 Å². The smallest absolute Gasteiger partial charge is 0.277 e. The summed E-state index contributed by atoms with van der Waals surface area (Å²) >= 11 is 3.71. The SMILES string of the molecule is Cc1cc(=O)[nH]c(SCCCc2nnc(SCC(=O)Nc3ccc(S(=O)(=O)Nc4nccs4)cc3)o2)n1. The number of sulfonamides is 1. The molecule has 12 nitrogen and oxygen atoms in total. The van der Waals surface area contributed by atoms with E-state index >= 15 is 0 Å². The number of carbonyl (C=O) groups excluding carboxylic acids is 1. The van der Waals surface area contributed by atoms with E-state index in [0.717, 1.165) is 18.2 Å². The maximum absolute atomic E-state index is 12.4. The van der Waals surface area contributed by atoms with Crippen LogP contribution in [0.3, 0.4) is 0 Å². The molecule has 4 aromatic rings. The van der Waals surface area contributed by atoms with Crippen LogP contribution in [0.25, 0.3) is 0 Å². The van der Waals surface area contributed by atoms with Crippen LogP contribution in [0.2, 0.25) is 0 Å². The van der Waals surface area contributed by atoms with Gasteiger partial charge >= 0.3 is 0 Å². The molecule has 3 aromatic heterocycles. The van der Waals surface area contributed by atoms with Crippen molar-refractivity contribution in [3.8, 4) is 0 Å². The summed E-state index contributed by atoms with van der Waals surface area (Å²) in [7, 11) is -3.76. The van der Waals surface area contributed by atoms with E-state index < -0.39 is 10.0 Å². The highest BCUT2D eigenvalue weighted by Crippen LogP contribution is 2.21. The van der Waals surface area contributed by atoms with Gasteiger partial charge in [-0.05, 0) is 37.6 Å². The molecule has 16 heteroatoms. The first-order chi connectivity index (χ1) is 17.8. The zero-order valence-corrected chi connectivity index (χ0v) is 22.6. The summed E-state index contributed by atoms with van der Waals surface area (Å²) < 4.78 is 32.7. The first-order valence-electron chi connectivity index (χ1n) is 10.7. The quantitative estimate of drug-likeness (QED) is 0.128. The summed E-state index contributed by atoms with van der Waals surface area (Å²) in [5.41, 5.74) is 0.938. The third-order valence-corrected chi connectivity index (χ3v) is 8.45. The molecule has 0 aliphatic rings. The number of nitrogens with one attached hydrogen (secondary N) is 3. The van der Waals surface area contributed by atoms with Gasteiger partial charge in [0.2, 0.25) is 11.8 Å². The number of rotatable bonds is 12. The van der Waals surface area contributed by atoms with Gasteiger partial charge in [-0.25, -0.2) is 18.4 Å². The molecule has 0 saturated heterocycles. The Labute approximate surface area is 224 Å². The molecule has 1 amide bonds. The third-order valence-electron chi connectivity index (χ3n) is 4.50.